The molecule has 2 fully saturated rings. The minimum Gasteiger partial charge on any atom is -0.464 e. The molecule has 3 N–H and O–H groups in total. The van der Waals surface area contributed by atoms with Gasteiger partial charge in [0.05, 0.1) is 6.61 Å². The third kappa shape index (κ3) is 10.4. The van der Waals surface area contributed by atoms with Gasteiger partial charge in [0, 0.05) is 25.2 Å². The largest absolute Gasteiger partial charge is 0.464 e. The fourth-order valence-electron chi connectivity index (χ4n) is 5.27. The molecule has 2 aliphatic heterocycles. The highest BCUT2D eigenvalue weighted by Crippen LogP contribution is 2.24. The lowest BCUT2D eigenvalue weighted by Crippen LogP contribution is -2.58. The predicted octanol–water partition coefficient (Wildman–Crippen LogP) is 4.69. The van der Waals surface area contributed by atoms with Crippen LogP contribution in [-0.2, 0) is 30.4 Å². The molecule has 0 saturated carbocycles. The number of hydrazine groups is 1. The molecule has 0 aliphatic carbocycles. The highest BCUT2D eigenvalue weighted by Gasteiger charge is 2.39. The number of nitrogens with one attached hydrogen (secondary N) is 1. The van der Waals surface area contributed by atoms with Crippen LogP contribution in [0.1, 0.15) is 102 Å². The second kappa shape index (κ2) is 17.1. The third-order valence-corrected chi connectivity index (χ3v) is 7.61. The number of esters is 1. The first-order chi connectivity index (χ1) is 19.0. The van der Waals surface area contributed by atoms with Gasteiger partial charge in [0.25, 0.3) is 0 Å². The second-order valence-corrected chi connectivity index (χ2v) is 10.8. The molecule has 2 saturated heterocycles. The van der Waals surface area contributed by atoms with E-state index in [4.69, 9.17) is 15.3 Å². The Morgan fingerprint density at radius 2 is 1.69 bits per heavy atom. The normalized spacial score (nSPS) is 18.7. The minimum absolute atomic E-state index is 0.0428. The van der Waals surface area contributed by atoms with E-state index < -0.39 is 24.0 Å². The molecular weight excluding hydrogens is 496 g/mol. The third-order valence-electron chi connectivity index (χ3n) is 7.61. The number of hydrogen-bond acceptors (Lipinski definition) is 8. The van der Waals surface area contributed by atoms with E-state index in [-0.39, 0.29) is 5.91 Å². The van der Waals surface area contributed by atoms with Crippen LogP contribution in [0.25, 0.3) is 0 Å². The van der Waals surface area contributed by atoms with Crippen molar-refractivity contribution in [1.82, 2.24) is 15.5 Å². The standard InChI is InChI=1S/C30H48N4O5/c1-2-3-4-5-6-7-8-11-23-38-29(36)26(20-17-24-15-18-25(31)19-16-24)32-39-30(37)27-13-12-22-33-21-10-9-14-28(35)34(27)33/h15-16,18-19,26-27,32H,2-14,17,20-23,31H2,1H3/t26-,27?/m0/s1. The zero-order valence-electron chi connectivity index (χ0n) is 23.7. The maximum atomic E-state index is 13.1. The Labute approximate surface area is 233 Å². The topological polar surface area (TPSA) is 114 Å². The van der Waals surface area contributed by atoms with Crippen LogP contribution in [0.15, 0.2) is 24.3 Å². The molecule has 1 aromatic carbocycles. The van der Waals surface area contributed by atoms with E-state index in [1.165, 1.54) is 32.1 Å². The number of carbonyl (C=O) groups is 3. The Balaban J connectivity index is 1.51. The van der Waals surface area contributed by atoms with E-state index in [0.29, 0.717) is 38.0 Å². The van der Waals surface area contributed by atoms with Crippen molar-refractivity contribution in [1.29, 1.82) is 0 Å². The Morgan fingerprint density at radius 3 is 2.44 bits per heavy atom. The van der Waals surface area contributed by atoms with Gasteiger partial charge in [-0.1, -0.05) is 64.0 Å². The van der Waals surface area contributed by atoms with Crippen molar-refractivity contribution in [3.8, 4) is 0 Å². The fourth-order valence-corrected chi connectivity index (χ4v) is 5.27. The smallest absolute Gasteiger partial charge is 0.349 e. The molecule has 2 aliphatic rings. The summed E-state index contributed by atoms with van der Waals surface area (Å²) in [4.78, 5) is 44.3. The summed E-state index contributed by atoms with van der Waals surface area (Å²) in [6, 6.07) is 6.01. The van der Waals surface area contributed by atoms with Crippen molar-refractivity contribution in [2.24, 2.45) is 0 Å². The number of nitrogen functional groups attached to an aromatic ring is 1. The average Bonchev–Trinajstić information content (AvgIpc) is 3.14. The molecule has 0 radical (unpaired) electrons. The molecule has 218 valence electrons. The maximum absolute atomic E-state index is 13.1. The van der Waals surface area contributed by atoms with E-state index in [2.05, 4.69) is 12.4 Å². The van der Waals surface area contributed by atoms with Gasteiger partial charge < -0.3 is 15.3 Å². The van der Waals surface area contributed by atoms with Crippen LogP contribution >= 0.6 is 0 Å². The average molecular weight is 545 g/mol. The number of nitrogens with two attached hydrogens (primary N) is 1. The summed E-state index contributed by atoms with van der Waals surface area (Å²) >= 11 is 0. The summed E-state index contributed by atoms with van der Waals surface area (Å²) in [5, 5.41) is 3.56. The number of fused-ring (bicyclic) bond motifs is 1. The Bertz CT molecular complexity index is 894. The molecule has 0 bridgehead atoms. The maximum Gasteiger partial charge on any atom is 0.349 e. The number of benzene rings is 1. The van der Waals surface area contributed by atoms with E-state index in [0.717, 1.165) is 57.2 Å². The van der Waals surface area contributed by atoms with Gasteiger partial charge in [-0.05, 0) is 62.6 Å². The lowest BCUT2D eigenvalue weighted by Gasteiger charge is -2.41. The molecule has 9 nitrogen and oxygen atoms in total. The first kappa shape index (κ1) is 30.9. The number of carbonyl (C=O) groups excluding carboxylic acids is 3. The summed E-state index contributed by atoms with van der Waals surface area (Å²) < 4.78 is 5.57. The molecule has 9 heteroatoms. The highest BCUT2D eigenvalue weighted by molar-refractivity contribution is 5.84. The fraction of sp³-hybridized carbons (Fsp3) is 0.700. The van der Waals surface area contributed by atoms with Crippen LogP contribution in [0.3, 0.4) is 0 Å². The van der Waals surface area contributed by atoms with Crippen molar-refractivity contribution in [3.63, 3.8) is 0 Å². The number of hydroxylamine groups is 1. The second-order valence-electron chi connectivity index (χ2n) is 10.8. The highest BCUT2D eigenvalue weighted by atomic mass is 16.7. The van der Waals surface area contributed by atoms with Crippen molar-refractivity contribution in [2.45, 2.75) is 115 Å². The van der Waals surface area contributed by atoms with Crippen LogP contribution < -0.4 is 11.2 Å². The van der Waals surface area contributed by atoms with E-state index in [9.17, 15) is 14.4 Å². The number of ether oxygens (including phenoxy) is 1. The number of rotatable bonds is 16. The summed E-state index contributed by atoms with van der Waals surface area (Å²) in [6.45, 7) is 4.09. The van der Waals surface area contributed by atoms with Gasteiger partial charge in [0.15, 0.2) is 0 Å². The zero-order chi connectivity index (χ0) is 27.9. The zero-order valence-corrected chi connectivity index (χ0v) is 23.7. The van der Waals surface area contributed by atoms with E-state index in [1.54, 1.807) is 5.01 Å². The quantitative estimate of drug-likeness (QED) is 0.133. The summed E-state index contributed by atoms with van der Waals surface area (Å²) in [6.07, 6.45) is 13.8. The van der Waals surface area contributed by atoms with Crippen LogP contribution in [-0.4, -0.2) is 59.6 Å². The molecule has 2 heterocycles. The Hall–Kier alpha value is -2.65. The van der Waals surface area contributed by atoms with Crippen LogP contribution in [0.5, 0.6) is 0 Å². The molecule has 39 heavy (non-hydrogen) atoms. The number of hydrogen-bond donors (Lipinski definition) is 2. The molecule has 0 spiro atoms. The minimum atomic E-state index is -0.805. The molecule has 0 aromatic heterocycles. The number of unbranched alkanes of at least 4 members (excludes halogenated alkanes) is 7. The molecule has 1 amide bonds. The van der Waals surface area contributed by atoms with Gasteiger partial charge in [-0.2, -0.15) is 0 Å². The lowest BCUT2D eigenvalue weighted by atomic mass is 10.1. The molecule has 1 unspecified atom stereocenters. The van der Waals surface area contributed by atoms with Gasteiger partial charge >= 0.3 is 11.9 Å². The van der Waals surface area contributed by atoms with Crippen LogP contribution in [0.2, 0.25) is 0 Å². The molecule has 1 aromatic rings. The number of aryl methyl sites for hydroxylation is 1. The van der Waals surface area contributed by atoms with Gasteiger partial charge in [0.1, 0.15) is 12.1 Å². The lowest BCUT2D eigenvalue weighted by molar-refractivity contribution is -0.183. The summed E-state index contributed by atoms with van der Waals surface area (Å²) in [5.41, 5.74) is 10.2. The number of amides is 1. The monoisotopic (exact) mass is 544 g/mol. The molecule has 2 atom stereocenters. The van der Waals surface area contributed by atoms with Crippen molar-refractivity contribution >= 4 is 23.5 Å². The van der Waals surface area contributed by atoms with E-state index in [1.807, 2.05) is 29.3 Å². The molecular formula is C30H48N4O5. The van der Waals surface area contributed by atoms with Crippen molar-refractivity contribution in [2.75, 3.05) is 25.4 Å². The predicted molar refractivity (Wildman–Crippen MR) is 151 cm³/mol. The Kier molecular flexibility index (Phi) is 13.6. The van der Waals surface area contributed by atoms with Crippen LogP contribution in [0, 0.1) is 0 Å². The summed E-state index contributed by atoms with van der Waals surface area (Å²) in [7, 11) is 0. The van der Waals surface area contributed by atoms with Gasteiger partial charge in [-0.15, -0.1) is 5.48 Å². The van der Waals surface area contributed by atoms with E-state index >= 15 is 0 Å². The first-order valence-corrected chi connectivity index (χ1v) is 15.0. The van der Waals surface area contributed by atoms with Crippen LogP contribution in [0.4, 0.5) is 5.69 Å². The first-order valence-electron chi connectivity index (χ1n) is 15.0. The number of anilines is 1. The summed E-state index contributed by atoms with van der Waals surface area (Å²) in [5.74, 6) is -1.01. The van der Waals surface area contributed by atoms with Gasteiger partial charge in [0.2, 0.25) is 5.91 Å². The van der Waals surface area contributed by atoms with Crippen molar-refractivity contribution in [3.05, 3.63) is 29.8 Å². The van der Waals surface area contributed by atoms with Gasteiger partial charge in [-0.25, -0.2) is 9.80 Å². The number of nitrogens with zero attached hydrogens (tertiary/aromatic N) is 2. The Morgan fingerprint density at radius 1 is 1.00 bits per heavy atom. The van der Waals surface area contributed by atoms with Crippen molar-refractivity contribution < 1.29 is 24.0 Å². The SMILES string of the molecule is CCCCCCCCCCOC(=O)[C@H](CCc1ccc(N)cc1)NOC(=O)C1CCCN2CCCCC(=O)N12. The molecule has 3 rings (SSSR count). The van der Waals surface area contributed by atoms with Gasteiger partial charge in [-0.3, -0.25) is 14.6 Å².